The van der Waals surface area contributed by atoms with Crippen LogP contribution in [0.5, 0.6) is 0 Å². The van der Waals surface area contributed by atoms with Crippen LogP contribution in [0.15, 0.2) is 36.5 Å². The summed E-state index contributed by atoms with van der Waals surface area (Å²) in [4.78, 5) is 2.38. The van der Waals surface area contributed by atoms with Gasteiger partial charge in [0.05, 0.1) is 11.7 Å². The zero-order valence-electron chi connectivity index (χ0n) is 12.5. The molecule has 1 fully saturated rings. The van der Waals surface area contributed by atoms with Crippen molar-refractivity contribution in [1.82, 2.24) is 14.7 Å². The summed E-state index contributed by atoms with van der Waals surface area (Å²) in [5, 5.41) is 4.57. The molecule has 4 heteroatoms. The normalized spacial score (nSPS) is 20.4. The van der Waals surface area contributed by atoms with Gasteiger partial charge in [-0.25, -0.2) is 4.39 Å². The molecule has 2 aromatic rings. The molecule has 2 heterocycles. The highest BCUT2D eigenvalue weighted by Crippen LogP contribution is 2.30. The molecule has 0 aliphatic carbocycles. The summed E-state index contributed by atoms with van der Waals surface area (Å²) in [5.74, 6) is -0.110. The van der Waals surface area contributed by atoms with Gasteiger partial charge in [0.2, 0.25) is 0 Å². The van der Waals surface area contributed by atoms with Crippen LogP contribution < -0.4 is 0 Å². The Labute approximate surface area is 125 Å². The van der Waals surface area contributed by atoms with E-state index in [1.54, 1.807) is 12.1 Å². The minimum atomic E-state index is -0.110. The van der Waals surface area contributed by atoms with E-state index in [0.717, 1.165) is 24.2 Å². The first-order valence-corrected chi connectivity index (χ1v) is 7.71. The average Bonchev–Trinajstić information content (AvgIpc) is 2.77. The zero-order chi connectivity index (χ0) is 14.7. The van der Waals surface area contributed by atoms with Crippen molar-refractivity contribution in [1.29, 1.82) is 0 Å². The molecule has 0 N–H and O–H groups in total. The van der Waals surface area contributed by atoms with Crippen molar-refractivity contribution in [3.63, 3.8) is 0 Å². The summed E-state index contributed by atoms with van der Waals surface area (Å²) in [7, 11) is 1.95. The summed E-state index contributed by atoms with van der Waals surface area (Å²) >= 11 is 0. The number of aromatic nitrogens is 2. The Morgan fingerprint density at radius 3 is 2.81 bits per heavy atom. The molecule has 1 aliphatic rings. The smallest absolute Gasteiger partial charge is 0.127 e. The lowest BCUT2D eigenvalue weighted by molar-refractivity contribution is 0.185. The van der Waals surface area contributed by atoms with Gasteiger partial charge >= 0.3 is 0 Å². The molecule has 1 atom stereocenters. The van der Waals surface area contributed by atoms with Crippen molar-refractivity contribution in [2.75, 3.05) is 6.54 Å². The second kappa shape index (κ2) is 6.39. The van der Waals surface area contributed by atoms with E-state index in [2.05, 4.69) is 16.1 Å². The van der Waals surface area contributed by atoms with Gasteiger partial charge in [0.25, 0.3) is 0 Å². The Morgan fingerprint density at radius 1 is 1.19 bits per heavy atom. The molecule has 0 bridgehead atoms. The largest absolute Gasteiger partial charge is 0.290 e. The van der Waals surface area contributed by atoms with Crippen molar-refractivity contribution >= 4 is 0 Å². The number of halogens is 1. The van der Waals surface area contributed by atoms with E-state index in [9.17, 15) is 4.39 Å². The summed E-state index contributed by atoms with van der Waals surface area (Å²) in [6.45, 7) is 1.67. The van der Waals surface area contributed by atoms with E-state index >= 15 is 0 Å². The van der Waals surface area contributed by atoms with Crippen LogP contribution in [0.1, 0.15) is 43.0 Å². The molecule has 112 valence electrons. The quantitative estimate of drug-likeness (QED) is 0.858. The summed E-state index contributed by atoms with van der Waals surface area (Å²) in [6, 6.07) is 9.47. The van der Waals surface area contributed by atoms with Crippen LogP contribution in [0.25, 0.3) is 0 Å². The molecule has 0 amide bonds. The van der Waals surface area contributed by atoms with Gasteiger partial charge in [0.15, 0.2) is 0 Å². The van der Waals surface area contributed by atoms with Gasteiger partial charge in [0.1, 0.15) is 5.82 Å². The molecule has 21 heavy (non-hydrogen) atoms. The Bertz CT molecular complexity index is 593. The Morgan fingerprint density at radius 2 is 2.05 bits per heavy atom. The fourth-order valence-electron chi connectivity index (χ4n) is 3.15. The predicted octanol–water partition coefficient (Wildman–Crippen LogP) is 3.68. The Hall–Kier alpha value is -1.68. The van der Waals surface area contributed by atoms with E-state index < -0.39 is 0 Å². The van der Waals surface area contributed by atoms with Crippen LogP contribution in [-0.2, 0) is 13.6 Å². The monoisotopic (exact) mass is 287 g/mol. The third-order valence-corrected chi connectivity index (χ3v) is 4.27. The number of rotatable bonds is 3. The maximum atomic E-state index is 13.9. The first-order valence-electron chi connectivity index (χ1n) is 7.71. The molecule has 0 spiro atoms. The number of hydrogen-bond donors (Lipinski definition) is 0. The van der Waals surface area contributed by atoms with Crippen molar-refractivity contribution in [2.24, 2.45) is 7.05 Å². The van der Waals surface area contributed by atoms with E-state index in [0.29, 0.717) is 12.6 Å². The number of nitrogens with zero attached hydrogens (tertiary/aromatic N) is 3. The second-order valence-electron chi connectivity index (χ2n) is 5.84. The molecule has 1 aliphatic heterocycles. The SMILES string of the molecule is Cn1ccc(C2CCCCCN2Cc2ccccc2F)n1. The number of aryl methyl sites for hydroxylation is 1. The van der Waals surface area contributed by atoms with Gasteiger partial charge in [-0.05, 0) is 31.5 Å². The van der Waals surface area contributed by atoms with E-state index in [-0.39, 0.29) is 5.82 Å². The van der Waals surface area contributed by atoms with Gasteiger partial charge in [0, 0.05) is 25.4 Å². The third kappa shape index (κ3) is 3.32. The Kier molecular flexibility index (Phi) is 4.34. The minimum absolute atomic E-state index is 0.110. The van der Waals surface area contributed by atoms with Gasteiger partial charge in [-0.2, -0.15) is 5.10 Å². The highest BCUT2D eigenvalue weighted by molar-refractivity contribution is 5.18. The third-order valence-electron chi connectivity index (χ3n) is 4.27. The summed E-state index contributed by atoms with van der Waals surface area (Å²) in [5.41, 5.74) is 1.89. The fraction of sp³-hybridized carbons (Fsp3) is 0.471. The van der Waals surface area contributed by atoms with Crippen molar-refractivity contribution in [3.05, 3.63) is 53.6 Å². The van der Waals surface area contributed by atoms with Crippen LogP contribution in [0, 0.1) is 5.82 Å². The average molecular weight is 287 g/mol. The van der Waals surface area contributed by atoms with Gasteiger partial charge < -0.3 is 0 Å². The number of likely N-dealkylation sites (tertiary alicyclic amines) is 1. The highest BCUT2D eigenvalue weighted by atomic mass is 19.1. The van der Waals surface area contributed by atoms with E-state index in [1.807, 2.05) is 30.1 Å². The summed E-state index contributed by atoms with van der Waals surface area (Å²) < 4.78 is 15.8. The molecular weight excluding hydrogens is 265 g/mol. The topological polar surface area (TPSA) is 21.1 Å². The number of benzene rings is 1. The molecule has 3 rings (SSSR count). The van der Waals surface area contributed by atoms with Crippen molar-refractivity contribution < 1.29 is 4.39 Å². The van der Waals surface area contributed by atoms with Crippen LogP contribution in [-0.4, -0.2) is 21.2 Å². The molecule has 1 saturated heterocycles. The Balaban J connectivity index is 1.84. The van der Waals surface area contributed by atoms with Crippen LogP contribution in [0.3, 0.4) is 0 Å². The predicted molar refractivity (Wildman–Crippen MR) is 81.2 cm³/mol. The van der Waals surface area contributed by atoms with Crippen molar-refractivity contribution in [3.8, 4) is 0 Å². The molecule has 0 radical (unpaired) electrons. The molecular formula is C17H22FN3. The van der Waals surface area contributed by atoms with Gasteiger partial charge in [-0.3, -0.25) is 9.58 Å². The first kappa shape index (κ1) is 14.3. The fourth-order valence-corrected chi connectivity index (χ4v) is 3.15. The van der Waals surface area contributed by atoms with Crippen molar-refractivity contribution in [2.45, 2.75) is 38.3 Å². The lowest BCUT2D eigenvalue weighted by Crippen LogP contribution is -2.29. The van der Waals surface area contributed by atoms with E-state index in [1.165, 1.54) is 19.3 Å². The highest BCUT2D eigenvalue weighted by Gasteiger charge is 2.25. The molecule has 0 saturated carbocycles. The van der Waals surface area contributed by atoms with Crippen LogP contribution in [0.2, 0.25) is 0 Å². The van der Waals surface area contributed by atoms with Gasteiger partial charge in [-0.1, -0.05) is 31.0 Å². The van der Waals surface area contributed by atoms with Gasteiger partial charge in [-0.15, -0.1) is 0 Å². The van der Waals surface area contributed by atoms with Crippen LogP contribution >= 0.6 is 0 Å². The zero-order valence-corrected chi connectivity index (χ0v) is 12.5. The summed E-state index contributed by atoms with van der Waals surface area (Å²) in [6.07, 6.45) is 6.73. The molecule has 1 unspecified atom stereocenters. The molecule has 1 aromatic carbocycles. The maximum absolute atomic E-state index is 13.9. The lowest BCUT2D eigenvalue weighted by atomic mass is 10.1. The molecule has 1 aromatic heterocycles. The van der Waals surface area contributed by atoms with Crippen LogP contribution in [0.4, 0.5) is 4.39 Å². The standard InChI is InChI=1S/C17H22FN3/c1-20-12-10-16(19-20)17-9-3-2-6-11-21(17)13-14-7-4-5-8-15(14)18/h4-5,7-8,10,12,17H,2-3,6,9,11,13H2,1H3. The first-order chi connectivity index (χ1) is 10.2. The van der Waals surface area contributed by atoms with E-state index in [4.69, 9.17) is 0 Å². The molecule has 3 nitrogen and oxygen atoms in total. The minimum Gasteiger partial charge on any atom is -0.290 e. The number of hydrogen-bond acceptors (Lipinski definition) is 2. The lowest BCUT2D eigenvalue weighted by Gasteiger charge is -2.28. The second-order valence-corrected chi connectivity index (χ2v) is 5.84. The maximum Gasteiger partial charge on any atom is 0.127 e.